The molecule has 1 aromatic carbocycles. The van der Waals surface area contributed by atoms with Crippen LogP contribution in [0.4, 0.5) is 0 Å². The number of benzene rings is 1. The van der Waals surface area contributed by atoms with E-state index in [1.165, 1.54) is 44.1 Å². The van der Waals surface area contributed by atoms with Gasteiger partial charge in [0.05, 0.1) is 0 Å². The van der Waals surface area contributed by atoms with E-state index >= 15 is 0 Å². The summed E-state index contributed by atoms with van der Waals surface area (Å²) in [6.45, 7) is 4.32. The van der Waals surface area contributed by atoms with E-state index in [2.05, 4.69) is 24.2 Å². The van der Waals surface area contributed by atoms with E-state index in [-0.39, 0.29) is 0 Å². The molecule has 0 atom stereocenters. The van der Waals surface area contributed by atoms with Crippen molar-refractivity contribution in [2.45, 2.75) is 78.1 Å². The van der Waals surface area contributed by atoms with Gasteiger partial charge in [-0.3, -0.25) is 0 Å². The highest BCUT2D eigenvalue weighted by molar-refractivity contribution is 6.48. The Morgan fingerprint density at radius 1 is 0.792 bits per heavy atom. The first-order chi connectivity index (χ1) is 11.8. The second-order valence-corrected chi connectivity index (χ2v) is 6.27. The summed E-state index contributed by atoms with van der Waals surface area (Å²) in [6, 6.07) is 7.83. The van der Waals surface area contributed by atoms with Crippen LogP contribution in [0.3, 0.4) is 0 Å². The van der Waals surface area contributed by atoms with Crippen LogP contribution in [0.15, 0.2) is 34.6 Å². The lowest BCUT2D eigenvalue weighted by Gasteiger charge is -2.08. The van der Waals surface area contributed by atoms with Crippen LogP contribution in [0.25, 0.3) is 0 Å². The Morgan fingerprint density at radius 2 is 1.38 bits per heavy atom. The average molecular weight is 332 g/mol. The molecule has 4 nitrogen and oxygen atoms in total. The summed E-state index contributed by atoms with van der Waals surface area (Å²) < 4.78 is 0. The largest absolute Gasteiger partial charge is 0.411 e. The first-order valence-electron chi connectivity index (χ1n) is 9.29. The van der Waals surface area contributed by atoms with Gasteiger partial charge in [-0.1, -0.05) is 93.4 Å². The van der Waals surface area contributed by atoms with Crippen LogP contribution >= 0.6 is 0 Å². The van der Waals surface area contributed by atoms with Gasteiger partial charge in [-0.05, 0) is 24.8 Å². The van der Waals surface area contributed by atoms with Gasteiger partial charge in [0.2, 0.25) is 0 Å². The van der Waals surface area contributed by atoms with E-state index in [9.17, 15) is 10.4 Å². The van der Waals surface area contributed by atoms with Crippen molar-refractivity contribution in [2.24, 2.45) is 10.3 Å². The van der Waals surface area contributed by atoms with Crippen molar-refractivity contribution in [3.05, 3.63) is 35.4 Å². The van der Waals surface area contributed by atoms with Crippen LogP contribution in [0.2, 0.25) is 0 Å². The lowest BCUT2D eigenvalue weighted by molar-refractivity contribution is 0.313. The Bertz CT molecular complexity index is 507. The van der Waals surface area contributed by atoms with Gasteiger partial charge in [0, 0.05) is 5.56 Å². The molecule has 4 heteroatoms. The molecule has 0 fully saturated rings. The molecule has 0 saturated heterocycles. The van der Waals surface area contributed by atoms with Crippen molar-refractivity contribution in [1.82, 2.24) is 0 Å². The Balaban J connectivity index is 2.43. The summed E-state index contributed by atoms with van der Waals surface area (Å²) in [6.07, 6.45) is 11.4. The van der Waals surface area contributed by atoms with Gasteiger partial charge in [0.1, 0.15) is 11.4 Å². The molecule has 24 heavy (non-hydrogen) atoms. The highest BCUT2D eigenvalue weighted by Gasteiger charge is 2.13. The fourth-order valence-electron chi connectivity index (χ4n) is 2.82. The molecule has 0 amide bonds. The van der Waals surface area contributed by atoms with Gasteiger partial charge >= 0.3 is 0 Å². The Morgan fingerprint density at radius 3 is 1.88 bits per heavy atom. The molecule has 0 saturated carbocycles. The first-order valence-corrected chi connectivity index (χ1v) is 9.29. The second kappa shape index (κ2) is 12.6. The minimum atomic E-state index is 0.364. The van der Waals surface area contributed by atoms with Crippen LogP contribution in [-0.4, -0.2) is 21.8 Å². The molecule has 0 bridgehead atoms. The molecule has 1 rings (SSSR count). The van der Waals surface area contributed by atoms with Gasteiger partial charge in [-0.2, -0.15) is 0 Å². The quantitative estimate of drug-likeness (QED) is 0.220. The zero-order valence-electron chi connectivity index (χ0n) is 15.2. The fraction of sp³-hybridized carbons (Fsp3) is 0.600. The van der Waals surface area contributed by atoms with Crippen LogP contribution in [0, 0.1) is 0 Å². The van der Waals surface area contributed by atoms with Crippen LogP contribution in [0.5, 0.6) is 0 Å². The summed E-state index contributed by atoms with van der Waals surface area (Å²) in [4.78, 5) is 0. The number of hydrogen-bond donors (Lipinski definition) is 2. The third kappa shape index (κ3) is 7.16. The number of hydrogen-bond acceptors (Lipinski definition) is 4. The molecule has 134 valence electrons. The van der Waals surface area contributed by atoms with E-state index in [4.69, 9.17) is 0 Å². The maximum atomic E-state index is 9.33. The summed E-state index contributed by atoms with van der Waals surface area (Å²) >= 11 is 0. The van der Waals surface area contributed by atoms with Crippen LogP contribution in [-0.2, 0) is 6.42 Å². The third-order valence-electron chi connectivity index (χ3n) is 4.40. The molecule has 0 aromatic heterocycles. The van der Waals surface area contributed by atoms with Gasteiger partial charge < -0.3 is 10.4 Å². The Hall–Kier alpha value is -1.84. The van der Waals surface area contributed by atoms with Crippen molar-refractivity contribution >= 4 is 11.4 Å². The normalized spacial score (nSPS) is 12.6. The molecule has 1 aromatic rings. The van der Waals surface area contributed by atoms with Gasteiger partial charge in [-0.15, -0.1) is 0 Å². The SMILES string of the molecule is CCCCCCCCCCC(=N/O)/C(=N\O)c1ccc(CC)cc1. The molecule has 0 aliphatic rings. The minimum Gasteiger partial charge on any atom is -0.411 e. The highest BCUT2D eigenvalue weighted by Crippen LogP contribution is 2.13. The van der Waals surface area contributed by atoms with Crippen molar-refractivity contribution in [3.8, 4) is 0 Å². The lowest BCUT2D eigenvalue weighted by Crippen LogP contribution is -2.16. The molecule has 0 unspecified atom stereocenters. The van der Waals surface area contributed by atoms with Crippen LogP contribution in [0.1, 0.15) is 82.8 Å². The van der Waals surface area contributed by atoms with E-state index < -0.39 is 0 Å². The van der Waals surface area contributed by atoms with E-state index in [0.29, 0.717) is 17.8 Å². The zero-order valence-corrected chi connectivity index (χ0v) is 15.2. The van der Waals surface area contributed by atoms with Gasteiger partial charge in [-0.25, -0.2) is 0 Å². The lowest BCUT2D eigenvalue weighted by atomic mass is 9.99. The summed E-state index contributed by atoms with van der Waals surface area (Å²) in [5.41, 5.74) is 2.82. The van der Waals surface area contributed by atoms with Crippen molar-refractivity contribution in [3.63, 3.8) is 0 Å². The van der Waals surface area contributed by atoms with Crippen molar-refractivity contribution in [1.29, 1.82) is 0 Å². The molecule has 0 spiro atoms. The number of unbranched alkanes of at least 4 members (excludes halogenated alkanes) is 7. The molecular formula is C20H32N2O2. The van der Waals surface area contributed by atoms with Gasteiger partial charge in [0.15, 0.2) is 0 Å². The number of aryl methyl sites for hydroxylation is 1. The number of oxime groups is 2. The third-order valence-corrected chi connectivity index (χ3v) is 4.40. The Labute approximate surface area is 146 Å². The maximum absolute atomic E-state index is 9.33. The summed E-state index contributed by atoms with van der Waals surface area (Å²) in [5.74, 6) is 0. The first kappa shape index (κ1) is 20.2. The summed E-state index contributed by atoms with van der Waals surface area (Å²) in [7, 11) is 0. The van der Waals surface area contributed by atoms with E-state index in [1.54, 1.807) is 0 Å². The van der Waals surface area contributed by atoms with Crippen molar-refractivity contribution < 1.29 is 10.4 Å². The molecule has 2 N–H and O–H groups in total. The second-order valence-electron chi connectivity index (χ2n) is 6.27. The zero-order chi connectivity index (χ0) is 17.6. The van der Waals surface area contributed by atoms with Gasteiger partial charge in [0.25, 0.3) is 0 Å². The molecule has 0 heterocycles. The maximum Gasteiger partial charge on any atom is 0.134 e. The topological polar surface area (TPSA) is 65.2 Å². The summed E-state index contributed by atoms with van der Waals surface area (Å²) in [5, 5.41) is 25.3. The fourth-order valence-corrected chi connectivity index (χ4v) is 2.82. The highest BCUT2D eigenvalue weighted by atomic mass is 16.4. The standard InChI is InChI=1S/C20H32N2O2/c1-3-5-6-7-8-9-10-11-12-19(21-23)20(22-24)18-15-13-17(4-2)14-16-18/h13-16,23-24H,3-12H2,1-2H3/b21-19-,22-20-. The minimum absolute atomic E-state index is 0.364. The predicted molar refractivity (Wildman–Crippen MR) is 101 cm³/mol. The Kier molecular flexibility index (Phi) is 10.6. The monoisotopic (exact) mass is 332 g/mol. The smallest absolute Gasteiger partial charge is 0.134 e. The van der Waals surface area contributed by atoms with E-state index in [1.807, 2.05) is 24.3 Å². The van der Waals surface area contributed by atoms with Crippen LogP contribution < -0.4 is 0 Å². The predicted octanol–water partition coefficient (Wildman–Crippen LogP) is 5.79. The molecular weight excluding hydrogens is 300 g/mol. The van der Waals surface area contributed by atoms with Crippen molar-refractivity contribution in [2.75, 3.05) is 0 Å². The number of rotatable bonds is 12. The molecule has 0 aliphatic carbocycles. The molecule has 0 radical (unpaired) electrons. The van der Waals surface area contributed by atoms with E-state index in [0.717, 1.165) is 24.8 Å². The average Bonchev–Trinajstić information content (AvgIpc) is 2.63. The molecule has 0 aliphatic heterocycles. The number of nitrogens with zero attached hydrogens (tertiary/aromatic N) is 2.